The Hall–Kier alpha value is -2.77. The molecule has 1 heterocycles. The number of carbonyl (C=O) groups is 2. The van der Waals surface area contributed by atoms with E-state index in [-0.39, 0.29) is 23.7 Å². The monoisotopic (exact) mass is 428 g/mol. The van der Waals surface area contributed by atoms with Gasteiger partial charge in [-0.25, -0.2) is 4.39 Å². The third-order valence-corrected chi connectivity index (χ3v) is 6.07. The van der Waals surface area contributed by atoms with E-state index >= 15 is 0 Å². The van der Waals surface area contributed by atoms with Crippen molar-refractivity contribution < 1.29 is 23.8 Å². The SMILES string of the molecule is Cc1cc(C)c(NC(=O)[C@H](C)[NH+]2CC[NH+](CC(=O)Nc3ccc(F)cc3)CC2)c(C)c1. The molecule has 1 aliphatic rings. The van der Waals surface area contributed by atoms with Crippen molar-refractivity contribution in [3.8, 4) is 0 Å². The molecule has 0 aliphatic carbocycles. The fourth-order valence-corrected chi connectivity index (χ4v) is 4.29. The van der Waals surface area contributed by atoms with Crippen LogP contribution in [0.4, 0.5) is 15.8 Å². The molecular formula is C24H33FN4O2+2. The van der Waals surface area contributed by atoms with Gasteiger partial charge >= 0.3 is 0 Å². The van der Waals surface area contributed by atoms with Gasteiger partial charge in [0, 0.05) is 11.4 Å². The second-order valence-electron chi connectivity index (χ2n) is 8.62. The highest BCUT2D eigenvalue weighted by Gasteiger charge is 2.32. The molecule has 1 fully saturated rings. The first-order chi connectivity index (χ1) is 14.7. The molecule has 2 aromatic rings. The number of hydrogen-bond donors (Lipinski definition) is 4. The van der Waals surface area contributed by atoms with Crippen molar-refractivity contribution in [2.45, 2.75) is 33.7 Å². The lowest BCUT2D eigenvalue weighted by Crippen LogP contribution is -3.30. The zero-order chi connectivity index (χ0) is 22.5. The van der Waals surface area contributed by atoms with Crippen LogP contribution in [0.1, 0.15) is 23.6 Å². The maximum absolute atomic E-state index is 13.0. The number of piperazine rings is 1. The Bertz CT molecular complexity index is 914. The topological polar surface area (TPSA) is 67.1 Å². The molecule has 0 saturated carbocycles. The van der Waals surface area contributed by atoms with Crippen LogP contribution in [0.3, 0.4) is 0 Å². The molecule has 0 radical (unpaired) electrons. The highest BCUT2D eigenvalue weighted by atomic mass is 19.1. The molecule has 31 heavy (non-hydrogen) atoms. The van der Waals surface area contributed by atoms with Gasteiger partial charge in [0.2, 0.25) is 0 Å². The van der Waals surface area contributed by atoms with E-state index in [1.165, 1.54) is 27.5 Å². The van der Waals surface area contributed by atoms with Gasteiger partial charge in [-0.3, -0.25) is 9.59 Å². The predicted octanol–water partition coefficient (Wildman–Crippen LogP) is 0.500. The van der Waals surface area contributed by atoms with E-state index in [9.17, 15) is 14.0 Å². The number of quaternary nitrogens is 2. The normalized spacial score (nSPS) is 19.5. The molecule has 4 N–H and O–H groups in total. The zero-order valence-electron chi connectivity index (χ0n) is 18.8. The zero-order valence-corrected chi connectivity index (χ0v) is 18.8. The summed E-state index contributed by atoms with van der Waals surface area (Å²) in [7, 11) is 0. The summed E-state index contributed by atoms with van der Waals surface area (Å²) < 4.78 is 13.0. The minimum absolute atomic E-state index is 0.0301. The lowest BCUT2D eigenvalue weighted by molar-refractivity contribution is -1.01. The molecule has 166 valence electrons. The van der Waals surface area contributed by atoms with Crippen LogP contribution in [0.2, 0.25) is 0 Å². The van der Waals surface area contributed by atoms with E-state index in [1.807, 2.05) is 20.8 Å². The van der Waals surface area contributed by atoms with Crippen molar-refractivity contribution in [1.29, 1.82) is 0 Å². The van der Waals surface area contributed by atoms with Gasteiger partial charge in [-0.2, -0.15) is 0 Å². The molecule has 3 rings (SSSR count). The Labute approximate surface area is 183 Å². The van der Waals surface area contributed by atoms with E-state index in [1.54, 1.807) is 12.1 Å². The van der Waals surface area contributed by atoms with Crippen LogP contribution in [-0.2, 0) is 9.59 Å². The van der Waals surface area contributed by atoms with E-state index < -0.39 is 0 Å². The summed E-state index contributed by atoms with van der Waals surface area (Å²) in [6.07, 6.45) is 0. The number of anilines is 2. The summed E-state index contributed by atoms with van der Waals surface area (Å²) in [6, 6.07) is 9.78. The van der Waals surface area contributed by atoms with Crippen LogP contribution >= 0.6 is 0 Å². The van der Waals surface area contributed by atoms with Crippen LogP contribution in [0.25, 0.3) is 0 Å². The molecule has 0 spiro atoms. The van der Waals surface area contributed by atoms with Crippen LogP contribution in [0.5, 0.6) is 0 Å². The lowest BCUT2D eigenvalue weighted by atomic mass is 10.0. The smallest absolute Gasteiger partial charge is 0.282 e. The van der Waals surface area contributed by atoms with E-state index in [4.69, 9.17) is 0 Å². The fraction of sp³-hybridized carbons (Fsp3) is 0.417. The summed E-state index contributed by atoms with van der Waals surface area (Å²) in [5.41, 5.74) is 4.85. The van der Waals surface area contributed by atoms with Gasteiger partial charge in [0.25, 0.3) is 11.8 Å². The largest absolute Gasteiger partial charge is 0.321 e. The van der Waals surface area contributed by atoms with Crippen LogP contribution in [0.15, 0.2) is 36.4 Å². The summed E-state index contributed by atoms with van der Waals surface area (Å²) in [5, 5.41) is 5.93. The second kappa shape index (κ2) is 10.0. The average molecular weight is 429 g/mol. The van der Waals surface area contributed by atoms with Crippen LogP contribution in [0, 0.1) is 26.6 Å². The molecule has 2 amide bonds. The van der Waals surface area contributed by atoms with Crippen molar-refractivity contribution in [1.82, 2.24) is 0 Å². The predicted molar refractivity (Wildman–Crippen MR) is 120 cm³/mol. The van der Waals surface area contributed by atoms with Crippen molar-refractivity contribution in [2.75, 3.05) is 43.4 Å². The Morgan fingerprint density at radius 3 is 2.13 bits per heavy atom. The standard InChI is InChI=1S/C24H31FN4O2/c1-16-13-17(2)23(18(3)14-16)27-24(31)19(4)29-11-9-28(10-12-29)15-22(30)26-21-7-5-20(25)6-8-21/h5-8,13-14,19H,9-12,15H2,1-4H3,(H,26,30)(H,27,31)/p+2/t19-/m0/s1. The Kier molecular flexibility index (Phi) is 7.41. The molecule has 2 aromatic carbocycles. The highest BCUT2D eigenvalue weighted by Crippen LogP contribution is 2.21. The maximum atomic E-state index is 13.0. The van der Waals surface area contributed by atoms with Gasteiger partial charge in [-0.1, -0.05) is 17.7 Å². The first-order valence-electron chi connectivity index (χ1n) is 10.8. The second-order valence-corrected chi connectivity index (χ2v) is 8.62. The minimum Gasteiger partial charge on any atom is -0.321 e. The minimum atomic E-state index is -0.325. The fourth-order valence-electron chi connectivity index (χ4n) is 4.29. The lowest BCUT2D eigenvalue weighted by Gasteiger charge is -2.32. The van der Waals surface area contributed by atoms with E-state index in [0.717, 1.165) is 43.0 Å². The summed E-state index contributed by atoms with van der Waals surface area (Å²) in [6.45, 7) is 11.7. The molecule has 1 atom stereocenters. The van der Waals surface area contributed by atoms with Gasteiger partial charge < -0.3 is 20.4 Å². The molecule has 7 heteroatoms. The van der Waals surface area contributed by atoms with Crippen molar-refractivity contribution in [3.63, 3.8) is 0 Å². The van der Waals surface area contributed by atoms with Gasteiger partial charge in [0.05, 0.1) is 0 Å². The maximum Gasteiger partial charge on any atom is 0.282 e. The Balaban J connectivity index is 1.48. The number of halogens is 1. The number of benzene rings is 2. The summed E-state index contributed by atoms with van der Waals surface area (Å²) in [4.78, 5) is 27.6. The number of nitrogens with one attached hydrogen (secondary N) is 4. The Morgan fingerprint density at radius 2 is 1.55 bits per heavy atom. The molecule has 1 aliphatic heterocycles. The van der Waals surface area contributed by atoms with Crippen molar-refractivity contribution >= 4 is 23.2 Å². The van der Waals surface area contributed by atoms with Crippen molar-refractivity contribution in [3.05, 3.63) is 58.9 Å². The molecular weight excluding hydrogens is 395 g/mol. The molecule has 0 unspecified atom stereocenters. The Morgan fingerprint density at radius 1 is 0.968 bits per heavy atom. The average Bonchev–Trinajstić information content (AvgIpc) is 2.72. The van der Waals surface area contributed by atoms with Gasteiger partial charge in [0.15, 0.2) is 12.6 Å². The van der Waals surface area contributed by atoms with E-state index in [2.05, 4.69) is 29.7 Å². The molecule has 1 saturated heterocycles. The number of aryl methyl sites for hydroxylation is 3. The third kappa shape index (κ3) is 6.12. The van der Waals surface area contributed by atoms with Crippen molar-refractivity contribution in [2.24, 2.45) is 0 Å². The third-order valence-electron chi connectivity index (χ3n) is 6.07. The van der Waals surface area contributed by atoms with Crippen LogP contribution in [-0.4, -0.2) is 50.6 Å². The molecule has 0 aromatic heterocycles. The number of hydrogen-bond acceptors (Lipinski definition) is 2. The molecule has 6 nitrogen and oxygen atoms in total. The van der Waals surface area contributed by atoms with Crippen LogP contribution < -0.4 is 20.4 Å². The summed E-state index contributed by atoms with van der Waals surface area (Å²) in [5.74, 6) is -0.377. The van der Waals surface area contributed by atoms with E-state index in [0.29, 0.717) is 12.2 Å². The summed E-state index contributed by atoms with van der Waals surface area (Å²) >= 11 is 0. The quantitative estimate of drug-likeness (QED) is 0.542. The first kappa shape index (κ1) is 22.9. The number of rotatable bonds is 6. The van der Waals surface area contributed by atoms with Gasteiger partial charge in [-0.05, 0) is 63.1 Å². The molecule has 0 bridgehead atoms. The van der Waals surface area contributed by atoms with Gasteiger partial charge in [-0.15, -0.1) is 0 Å². The number of carbonyl (C=O) groups excluding carboxylic acids is 2. The van der Waals surface area contributed by atoms with Gasteiger partial charge in [0.1, 0.15) is 32.0 Å². The highest BCUT2D eigenvalue weighted by molar-refractivity contribution is 5.95. The number of amides is 2. The first-order valence-corrected chi connectivity index (χ1v) is 10.8.